The average Bonchev–Trinajstić information content (AvgIpc) is 2.45. The third kappa shape index (κ3) is 3.43. The van der Waals surface area contributed by atoms with E-state index in [9.17, 15) is 4.79 Å². The lowest BCUT2D eigenvalue weighted by atomic mass is 9.98. The van der Waals surface area contributed by atoms with Gasteiger partial charge in [0.2, 0.25) is 5.91 Å². The number of hydrogen-bond acceptors (Lipinski definition) is 3. The summed E-state index contributed by atoms with van der Waals surface area (Å²) in [5, 5.41) is 2.81. The van der Waals surface area contributed by atoms with Crippen LogP contribution in [0.3, 0.4) is 0 Å². The van der Waals surface area contributed by atoms with Crippen LogP contribution in [0.25, 0.3) is 0 Å². The number of benzene rings is 1. The molecule has 1 atom stereocenters. The molecule has 0 saturated carbocycles. The number of aromatic nitrogens is 1. The van der Waals surface area contributed by atoms with E-state index in [-0.39, 0.29) is 18.4 Å². The van der Waals surface area contributed by atoms with Gasteiger partial charge >= 0.3 is 0 Å². The predicted octanol–water partition coefficient (Wildman–Crippen LogP) is 2.83. The molecule has 0 spiro atoms. The van der Waals surface area contributed by atoms with Crippen LogP contribution in [0.15, 0.2) is 46.9 Å². The summed E-state index contributed by atoms with van der Waals surface area (Å²) in [5.41, 5.74) is 7.45. The van der Waals surface area contributed by atoms with E-state index in [1.165, 1.54) is 0 Å². The molecule has 2 aromatic rings. The molecule has 1 amide bonds. The predicted molar refractivity (Wildman–Crippen MR) is 83.5 cm³/mol. The Morgan fingerprint density at radius 3 is 2.60 bits per heavy atom. The molecule has 0 saturated heterocycles. The lowest BCUT2D eigenvalue weighted by Gasteiger charge is -2.15. The normalized spacial score (nSPS) is 11.9. The molecule has 1 unspecified atom stereocenters. The fourth-order valence-electron chi connectivity index (χ4n) is 1.91. The molecular formula is C15H16BrN3O. The Kier molecular flexibility index (Phi) is 4.87. The van der Waals surface area contributed by atoms with Crippen LogP contribution in [0.4, 0.5) is 5.82 Å². The van der Waals surface area contributed by atoms with Gasteiger partial charge in [-0.25, -0.2) is 4.98 Å². The SMILES string of the molecule is Cc1nc(NC(=O)C(CN)c2ccccc2)ccc1Br. The quantitative estimate of drug-likeness (QED) is 0.903. The maximum atomic E-state index is 12.3. The van der Waals surface area contributed by atoms with Crippen molar-refractivity contribution >= 4 is 27.7 Å². The van der Waals surface area contributed by atoms with Crippen LogP contribution >= 0.6 is 15.9 Å². The van der Waals surface area contributed by atoms with Crippen LogP contribution in [0, 0.1) is 6.92 Å². The molecule has 0 aliphatic rings. The third-order valence-electron chi connectivity index (χ3n) is 3.03. The van der Waals surface area contributed by atoms with Gasteiger partial charge in [-0.3, -0.25) is 4.79 Å². The van der Waals surface area contributed by atoms with E-state index in [0.717, 1.165) is 15.7 Å². The first-order valence-corrected chi connectivity index (χ1v) is 7.10. The number of rotatable bonds is 4. The molecule has 0 bridgehead atoms. The van der Waals surface area contributed by atoms with E-state index in [2.05, 4.69) is 26.2 Å². The van der Waals surface area contributed by atoms with E-state index in [1.54, 1.807) is 6.07 Å². The smallest absolute Gasteiger partial charge is 0.234 e. The second-order valence-electron chi connectivity index (χ2n) is 4.45. The van der Waals surface area contributed by atoms with Crippen molar-refractivity contribution in [1.82, 2.24) is 4.98 Å². The Labute approximate surface area is 126 Å². The second kappa shape index (κ2) is 6.63. The van der Waals surface area contributed by atoms with Crippen molar-refractivity contribution in [1.29, 1.82) is 0 Å². The summed E-state index contributed by atoms with van der Waals surface area (Å²) in [6.45, 7) is 2.13. The maximum Gasteiger partial charge on any atom is 0.234 e. The van der Waals surface area contributed by atoms with Gasteiger partial charge in [0.05, 0.1) is 11.6 Å². The first-order chi connectivity index (χ1) is 9.61. The van der Waals surface area contributed by atoms with Crippen molar-refractivity contribution in [2.24, 2.45) is 5.73 Å². The van der Waals surface area contributed by atoms with Crippen molar-refractivity contribution in [3.63, 3.8) is 0 Å². The molecule has 2 rings (SSSR count). The highest BCUT2D eigenvalue weighted by atomic mass is 79.9. The summed E-state index contributed by atoms with van der Waals surface area (Å²) in [7, 11) is 0. The molecule has 1 aromatic heterocycles. The lowest BCUT2D eigenvalue weighted by molar-refractivity contribution is -0.117. The van der Waals surface area contributed by atoms with Crippen molar-refractivity contribution in [3.05, 3.63) is 58.2 Å². The van der Waals surface area contributed by atoms with E-state index in [4.69, 9.17) is 5.73 Å². The molecule has 1 aromatic carbocycles. The van der Waals surface area contributed by atoms with Gasteiger partial charge in [-0.2, -0.15) is 0 Å². The number of halogens is 1. The molecule has 4 nitrogen and oxygen atoms in total. The number of carbonyl (C=O) groups is 1. The van der Waals surface area contributed by atoms with E-state index < -0.39 is 0 Å². The molecule has 0 radical (unpaired) electrons. The highest BCUT2D eigenvalue weighted by molar-refractivity contribution is 9.10. The van der Waals surface area contributed by atoms with Crippen LogP contribution in [-0.4, -0.2) is 17.4 Å². The summed E-state index contributed by atoms with van der Waals surface area (Å²) >= 11 is 3.38. The monoisotopic (exact) mass is 333 g/mol. The first-order valence-electron chi connectivity index (χ1n) is 6.31. The Morgan fingerprint density at radius 1 is 1.30 bits per heavy atom. The Hall–Kier alpha value is -1.72. The van der Waals surface area contributed by atoms with Crippen LogP contribution in [0.5, 0.6) is 0 Å². The Bertz CT molecular complexity index is 601. The molecule has 104 valence electrons. The van der Waals surface area contributed by atoms with Gasteiger partial charge in [-0.15, -0.1) is 0 Å². The van der Waals surface area contributed by atoms with Crippen LogP contribution in [0.2, 0.25) is 0 Å². The highest BCUT2D eigenvalue weighted by Crippen LogP contribution is 2.19. The first kappa shape index (κ1) is 14.7. The van der Waals surface area contributed by atoms with Crippen molar-refractivity contribution in [2.45, 2.75) is 12.8 Å². The summed E-state index contributed by atoms with van der Waals surface area (Å²) in [6.07, 6.45) is 0. The number of carbonyl (C=O) groups excluding carboxylic acids is 1. The zero-order valence-corrected chi connectivity index (χ0v) is 12.7. The maximum absolute atomic E-state index is 12.3. The number of nitrogens with zero attached hydrogens (tertiary/aromatic N) is 1. The average molecular weight is 334 g/mol. The Morgan fingerprint density at radius 2 is 2.00 bits per heavy atom. The van der Waals surface area contributed by atoms with Gasteiger partial charge in [0.25, 0.3) is 0 Å². The van der Waals surface area contributed by atoms with E-state index >= 15 is 0 Å². The number of nitrogens with one attached hydrogen (secondary N) is 1. The van der Waals surface area contributed by atoms with Gasteiger partial charge in [-0.1, -0.05) is 30.3 Å². The van der Waals surface area contributed by atoms with Crippen molar-refractivity contribution < 1.29 is 4.79 Å². The number of pyridine rings is 1. The van der Waals surface area contributed by atoms with Crippen molar-refractivity contribution in [2.75, 3.05) is 11.9 Å². The highest BCUT2D eigenvalue weighted by Gasteiger charge is 2.19. The second-order valence-corrected chi connectivity index (χ2v) is 5.31. The summed E-state index contributed by atoms with van der Waals surface area (Å²) in [6, 6.07) is 13.1. The number of nitrogens with two attached hydrogens (primary N) is 1. The summed E-state index contributed by atoms with van der Waals surface area (Å²) < 4.78 is 0.911. The molecule has 3 N–H and O–H groups in total. The van der Waals surface area contributed by atoms with Crippen LogP contribution < -0.4 is 11.1 Å². The molecule has 0 fully saturated rings. The fraction of sp³-hybridized carbons (Fsp3) is 0.200. The van der Waals surface area contributed by atoms with Crippen LogP contribution in [0.1, 0.15) is 17.2 Å². The standard InChI is InChI=1S/C15H16BrN3O/c1-10-13(16)7-8-14(18-10)19-15(20)12(9-17)11-5-3-2-4-6-11/h2-8,12H,9,17H2,1H3,(H,18,19,20). The lowest BCUT2D eigenvalue weighted by Crippen LogP contribution is -2.27. The van der Waals surface area contributed by atoms with Gasteiger partial charge in [0.1, 0.15) is 5.82 Å². The van der Waals surface area contributed by atoms with Crippen LogP contribution in [-0.2, 0) is 4.79 Å². The molecule has 20 heavy (non-hydrogen) atoms. The molecule has 5 heteroatoms. The molecular weight excluding hydrogens is 318 g/mol. The third-order valence-corrected chi connectivity index (χ3v) is 3.86. The van der Waals surface area contributed by atoms with Crippen molar-refractivity contribution in [3.8, 4) is 0 Å². The van der Waals surface area contributed by atoms with E-state index in [1.807, 2.05) is 43.3 Å². The minimum Gasteiger partial charge on any atom is -0.329 e. The minimum absolute atomic E-state index is 0.145. The largest absolute Gasteiger partial charge is 0.329 e. The zero-order valence-electron chi connectivity index (χ0n) is 11.1. The molecule has 0 aliphatic heterocycles. The minimum atomic E-state index is -0.373. The fourth-order valence-corrected chi connectivity index (χ4v) is 2.13. The van der Waals surface area contributed by atoms with Gasteiger partial charge in [0, 0.05) is 11.0 Å². The summed E-state index contributed by atoms with van der Waals surface area (Å²) in [4.78, 5) is 16.6. The topological polar surface area (TPSA) is 68.0 Å². The van der Waals surface area contributed by atoms with E-state index in [0.29, 0.717) is 5.82 Å². The molecule has 0 aliphatic carbocycles. The van der Waals surface area contributed by atoms with Gasteiger partial charge in [-0.05, 0) is 40.5 Å². The van der Waals surface area contributed by atoms with Gasteiger partial charge < -0.3 is 11.1 Å². The Balaban J connectivity index is 2.15. The number of anilines is 1. The number of aryl methyl sites for hydroxylation is 1. The number of amides is 1. The molecule has 1 heterocycles. The number of hydrogen-bond donors (Lipinski definition) is 2. The summed E-state index contributed by atoms with van der Waals surface area (Å²) in [5.74, 6) is 0.0138. The van der Waals surface area contributed by atoms with Gasteiger partial charge in [0.15, 0.2) is 0 Å². The zero-order chi connectivity index (χ0) is 14.5.